The minimum Gasteiger partial charge on any atom is -0.458 e. The standard InChI is InChI=1S/C9H14O3/c1-2-3-9(11)12-8-5-4-7(10)6-8/h4-5,7-8,10H,2-3,6H2,1H3/t7-,8-/m1/s1. The zero-order chi connectivity index (χ0) is 8.97. The van der Waals surface area contributed by atoms with E-state index in [9.17, 15) is 4.79 Å². The summed E-state index contributed by atoms with van der Waals surface area (Å²) >= 11 is 0. The van der Waals surface area contributed by atoms with Crippen molar-refractivity contribution in [3.63, 3.8) is 0 Å². The molecule has 1 rings (SSSR count). The van der Waals surface area contributed by atoms with Crippen LogP contribution in [-0.2, 0) is 9.53 Å². The fourth-order valence-corrected chi connectivity index (χ4v) is 1.17. The lowest BCUT2D eigenvalue weighted by atomic mass is 10.3. The van der Waals surface area contributed by atoms with E-state index in [1.165, 1.54) is 0 Å². The minimum atomic E-state index is -0.440. The van der Waals surface area contributed by atoms with Crippen molar-refractivity contribution in [1.29, 1.82) is 0 Å². The molecule has 0 aromatic heterocycles. The Balaban J connectivity index is 2.24. The Morgan fingerprint density at radius 3 is 2.92 bits per heavy atom. The van der Waals surface area contributed by atoms with Crippen LogP contribution in [0, 0.1) is 0 Å². The van der Waals surface area contributed by atoms with Gasteiger partial charge in [0.1, 0.15) is 6.10 Å². The first-order valence-corrected chi connectivity index (χ1v) is 4.28. The van der Waals surface area contributed by atoms with Crippen LogP contribution in [0.4, 0.5) is 0 Å². The van der Waals surface area contributed by atoms with Crippen LogP contribution < -0.4 is 0 Å². The Bertz CT molecular complexity index is 186. The van der Waals surface area contributed by atoms with Crippen molar-refractivity contribution in [3.8, 4) is 0 Å². The highest BCUT2D eigenvalue weighted by Crippen LogP contribution is 2.14. The number of hydrogen-bond acceptors (Lipinski definition) is 3. The fraction of sp³-hybridized carbons (Fsp3) is 0.667. The Labute approximate surface area is 72.0 Å². The molecule has 68 valence electrons. The van der Waals surface area contributed by atoms with Gasteiger partial charge >= 0.3 is 5.97 Å². The van der Waals surface area contributed by atoms with E-state index in [0.29, 0.717) is 12.8 Å². The number of hydrogen-bond donors (Lipinski definition) is 1. The molecule has 0 aromatic rings. The Morgan fingerprint density at radius 2 is 2.42 bits per heavy atom. The van der Waals surface area contributed by atoms with Crippen molar-refractivity contribution >= 4 is 5.97 Å². The topological polar surface area (TPSA) is 46.5 Å². The molecule has 0 spiro atoms. The van der Waals surface area contributed by atoms with Gasteiger partial charge in [-0.1, -0.05) is 13.0 Å². The molecule has 3 nitrogen and oxygen atoms in total. The number of carbonyl (C=O) groups excluding carboxylic acids is 1. The van der Waals surface area contributed by atoms with E-state index in [0.717, 1.165) is 6.42 Å². The van der Waals surface area contributed by atoms with E-state index in [-0.39, 0.29) is 12.1 Å². The number of carbonyl (C=O) groups is 1. The lowest BCUT2D eigenvalue weighted by Gasteiger charge is -2.09. The van der Waals surface area contributed by atoms with Crippen LogP contribution in [-0.4, -0.2) is 23.3 Å². The van der Waals surface area contributed by atoms with Gasteiger partial charge in [0.2, 0.25) is 0 Å². The van der Waals surface area contributed by atoms with Gasteiger partial charge < -0.3 is 9.84 Å². The average molecular weight is 170 g/mol. The molecule has 0 aliphatic heterocycles. The second-order valence-electron chi connectivity index (χ2n) is 2.97. The van der Waals surface area contributed by atoms with E-state index in [4.69, 9.17) is 9.84 Å². The first-order chi connectivity index (χ1) is 5.72. The van der Waals surface area contributed by atoms with Crippen LogP contribution in [0.25, 0.3) is 0 Å². The van der Waals surface area contributed by atoms with Crippen LogP contribution >= 0.6 is 0 Å². The molecule has 0 unspecified atom stereocenters. The van der Waals surface area contributed by atoms with Crippen LogP contribution in [0.2, 0.25) is 0 Å². The number of rotatable bonds is 3. The summed E-state index contributed by atoms with van der Waals surface area (Å²) in [5, 5.41) is 9.06. The van der Waals surface area contributed by atoms with Crippen molar-refractivity contribution in [2.45, 2.75) is 38.4 Å². The highest BCUT2D eigenvalue weighted by Gasteiger charge is 2.19. The molecule has 0 saturated heterocycles. The van der Waals surface area contributed by atoms with E-state index in [1.54, 1.807) is 12.2 Å². The summed E-state index contributed by atoms with van der Waals surface area (Å²) in [6.45, 7) is 1.93. The van der Waals surface area contributed by atoms with E-state index in [2.05, 4.69) is 0 Å². The zero-order valence-electron chi connectivity index (χ0n) is 7.19. The van der Waals surface area contributed by atoms with Gasteiger partial charge in [-0.05, 0) is 12.5 Å². The quantitative estimate of drug-likeness (QED) is 0.508. The summed E-state index contributed by atoms with van der Waals surface area (Å²) in [4.78, 5) is 11.0. The van der Waals surface area contributed by atoms with Crippen molar-refractivity contribution in [2.24, 2.45) is 0 Å². The molecule has 0 aromatic carbocycles. The van der Waals surface area contributed by atoms with Crippen LogP contribution in [0.1, 0.15) is 26.2 Å². The average Bonchev–Trinajstić information content (AvgIpc) is 2.36. The summed E-state index contributed by atoms with van der Waals surface area (Å²) in [7, 11) is 0. The van der Waals surface area contributed by atoms with Crippen molar-refractivity contribution in [3.05, 3.63) is 12.2 Å². The van der Waals surface area contributed by atoms with E-state index >= 15 is 0 Å². The number of ether oxygens (including phenoxy) is 1. The van der Waals surface area contributed by atoms with Gasteiger partial charge in [0, 0.05) is 12.8 Å². The van der Waals surface area contributed by atoms with Crippen molar-refractivity contribution in [2.75, 3.05) is 0 Å². The number of aliphatic hydroxyl groups is 1. The first kappa shape index (κ1) is 9.26. The molecule has 3 heteroatoms. The van der Waals surface area contributed by atoms with Crippen molar-refractivity contribution in [1.82, 2.24) is 0 Å². The summed E-state index contributed by atoms with van der Waals surface area (Å²) in [6, 6.07) is 0. The van der Waals surface area contributed by atoms with Crippen molar-refractivity contribution < 1.29 is 14.6 Å². The molecule has 1 aliphatic rings. The second kappa shape index (κ2) is 4.26. The summed E-state index contributed by atoms with van der Waals surface area (Å²) in [6.07, 6.45) is 4.51. The van der Waals surface area contributed by atoms with E-state index in [1.807, 2.05) is 6.92 Å². The van der Waals surface area contributed by atoms with Gasteiger partial charge in [-0.3, -0.25) is 4.79 Å². The number of aliphatic hydroxyl groups excluding tert-OH is 1. The van der Waals surface area contributed by atoms with Gasteiger partial charge in [0.25, 0.3) is 0 Å². The van der Waals surface area contributed by atoms with Gasteiger partial charge in [0.05, 0.1) is 6.10 Å². The molecule has 0 fully saturated rings. The molecule has 0 radical (unpaired) electrons. The molecule has 0 heterocycles. The molecular weight excluding hydrogens is 156 g/mol. The molecule has 1 N–H and O–H groups in total. The molecule has 1 aliphatic carbocycles. The maximum Gasteiger partial charge on any atom is 0.306 e. The molecular formula is C9H14O3. The third-order valence-corrected chi connectivity index (χ3v) is 1.76. The molecule has 0 amide bonds. The first-order valence-electron chi connectivity index (χ1n) is 4.28. The lowest BCUT2D eigenvalue weighted by molar-refractivity contribution is -0.147. The third-order valence-electron chi connectivity index (χ3n) is 1.76. The van der Waals surface area contributed by atoms with Gasteiger partial charge in [-0.25, -0.2) is 0 Å². The molecule has 0 bridgehead atoms. The zero-order valence-corrected chi connectivity index (χ0v) is 7.19. The Kier molecular flexibility index (Phi) is 3.29. The minimum absolute atomic E-state index is 0.179. The lowest BCUT2D eigenvalue weighted by Crippen LogP contribution is -2.15. The normalized spacial score (nSPS) is 27.5. The monoisotopic (exact) mass is 170 g/mol. The fourth-order valence-electron chi connectivity index (χ4n) is 1.17. The van der Waals surface area contributed by atoms with Crippen LogP contribution in [0.5, 0.6) is 0 Å². The highest BCUT2D eigenvalue weighted by molar-refractivity contribution is 5.69. The smallest absolute Gasteiger partial charge is 0.306 e. The predicted molar refractivity (Wildman–Crippen MR) is 44.6 cm³/mol. The van der Waals surface area contributed by atoms with E-state index < -0.39 is 6.10 Å². The van der Waals surface area contributed by atoms with Crippen LogP contribution in [0.15, 0.2) is 12.2 Å². The van der Waals surface area contributed by atoms with Gasteiger partial charge in [-0.2, -0.15) is 0 Å². The maximum absolute atomic E-state index is 11.0. The number of esters is 1. The second-order valence-corrected chi connectivity index (χ2v) is 2.97. The maximum atomic E-state index is 11.0. The van der Waals surface area contributed by atoms with Crippen LogP contribution in [0.3, 0.4) is 0 Å². The SMILES string of the molecule is CCCC(=O)O[C@@H]1C=C[C@@H](O)C1. The highest BCUT2D eigenvalue weighted by atomic mass is 16.5. The summed E-state index contributed by atoms with van der Waals surface area (Å²) in [5.74, 6) is -0.179. The largest absolute Gasteiger partial charge is 0.458 e. The predicted octanol–water partition coefficient (Wildman–Crippen LogP) is 1.02. The Morgan fingerprint density at radius 1 is 1.67 bits per heavy atom. The Hall–Kier alpha value is -0.830. The van der Waals surface area contributed by atoms with Gasteiger partial charge in [-0.15, -0.1) is 0 Å². The summed E-state index contributed by atoms with van der Waals surface area (Å²) in [5.41, 5.74) is 0. The summed E-state index contributed by atoms with van der Waals surface area (Å²) < 4.78 is 5.04. The van der Waals surface area contributed by atoms with Gasteiger partial charge in [0.15, 0.2) is 0 Å². The third kappa shape index (κ3) is 2.66. The molecule has 2 atom stereocenters. The molecule has 0 saturated carbocycles. The molecule has 12 heavy (non-hydrogen) atoms.